The molecule has 0 aromatic heterocycles. The van der Waals surface area contributed by atoms with Crippen LogP contribution in [0.15, 0.2) is 52.7 Å². The first-order chi connectivity index (χ1) is 13.5. The van der Waals surface area contributed by atoms with Crippen LogP contribution >= 0.6 is 11.6 Å². The Balaban J connectivity index is 1.81. The van der Waals surface area contributed by atoms with E-state index in [-0.39, 0.29) is 17.5 Å². The van der Waals surface area contributed by atoms with Gasteiger partial charge in [0.1, 0.15) is 11.4 Å². The molecule has 0 radical (unpaired) electrons. The highest BCUT2D eigenvalue weighted by molar-refractivity contribution is 6.33. The Labute approximate surface area is 170 Å². The molecule has 3 rings (SSSR count). The molecule has 1 saturated heterocycles. The number of amides is 1. The highest BCUT2D eigenvalue weighted by atomic mass is 35.5. The standard InChI is InChI=1S/C21H25ClN4O2/c1-21(13-14-7-5-4-6-8-14)19(9-10-24-21)25-20(27)15-11-16(22)17(26-23-2)12-18(15)28-3/h4-8,11-12,19,24H,9-10,13H2,1-3H3,(H,25,27). The molecule has 1 aliphatic heterocycles. The lowest BCUT2D eigenvalue weighted by Gasteiger charge is -2.32. The van der Waals surface area contributed by atoms with Gasteiger partial charge in [-0.05, 0) is 37.9 Å². The van der Waals surface area contributed by atoms with E-state index >= 15 is 0 Å². The van der Waals surface area contributed by atoms with Crippen LogP contribution in [0.2, 0.25) is 5.02 Å². The lowest BCUT2D eigenvalue weighted by molar-refractivity contribution is 0.0917. The van der Waals surface area contributed by atoms with Crippen LogP contribution in [-0.2, 0) is 6.42 Å². The molecule has 1 amide bonds. The van der Waals surface area contributed by atoms with E-state index in [0.29, 0.717) is 22.0 Å². The van der Waals surface area contributed by atoms with Crippen molar-refractivity contribution in [2.45, 2.75) is 31.3 Å². The van der Waals surface area contributed by atoms with Gasteiger partial charge in [0.05, 0.1) is 17.7 Å². The van der Waals surface area contributed by atoms with Crippen molar-refractivity contribution in [3.05, 3.63) is 58.6 Å². The van der Waals surface area contributed by atoms with Crippen molar-refractivity contribution < 1.29 is 9.53 Å². The summed E-state index contributed by atoms with van der Waals surface area (Å²) in [6.07, 6.45) is 1.68. The van der Waals surface area contributed by atoms with Gasteiger partial charge >= 0.3 is 0 Å². The van der Waals surface area contributed by atoms with Crippen LogP contribution in [-0.4, -0.2) is 38.2 Å². The molecule has 0 aliphatic carbocycles. The Morgan fingerprint density at radius 3 is 2.79 bits per heavy atom. The molecular formula is C21H25ClN4O2. The molecule has 2 aromatic carbocycles. The summed E-state index contributed by atoms with van der Waals surface area (Å²) < 4.78 is 5.38. The summed E-state index contributed by atoms with van der Waals surface area (Å²) in [7, 11) is 3.08. The second-order valence-corrected chi connectivity index (χ2v) is 7.53. The van der Waals surface area contributed by atoms with Gasteiger partial charge < -0.3 is 15.4 Å². The Kier molecular flexibility index (Phi) is 6.31. The Hall–Kier alpha value is -2.44. The fourth-order valence-corrected chi connectivity index (χ4v) is 3.89. The molecule has 2 unspecified atom stereocenters. The summed E-state index contributed by atoms with van der Waals surface area (Å²) >= 11 is 6.26. The number of carbonyl (C=O) groups excluding carboxylic acids is 1. The Morgan fingerprint density at radius 2 is 2.11 bits per heavy atom. The van der Waals surface area contributed by atoms with Gasteiger partial charge in [0, 0.05) is 24.7 Å². The Bertz CT molecular complexity index is 872. The number of nitrogens with one attached hydrogen (secondary N) is 2. The lowest BCUT2D eigenvalue weighted by Crippen LogP contribution is -2.54. The molecule has 1 aliphatic rings. The van der Waals surface area contributed by atoms with Crippen molar-refractivity contribution >= 4 is 23.2 Å². The molecule has 1 heterocycles. The zero-order valence-electron chi connectivity index (χ0n) is 16.3. The van der Waals surface area contributed by atoms with Crippen molar-refractivity contribution in [1.82, 2.24) is 10.6 Å². The van der Waals surface area contributed by atoms with Crippen molar-refractivity contribution in [2.24, 2.45) is 10.2 Å². The van der Waals surface area contributed by atoms with Crippen LogP contribution in [0.25, 0.3) is 0 Å². The second-order valence-electron chi connectivity index (χ2n) is 7.13. The zero-order chi connectivity index (χ0) is 20.1. The first-order valence-electron chi connectivity index (χ1n) is 9.24. The van der Waals surface area contributed by atoms with Crippen molar-refractivity contribution in [3.63, 3.8) is 0 Å². The minimum atomic E-state index is -0.232. The fourth-order valence-electron chi connectivity index (χ4n) is 3.69. The topological polar surface area (TPSA) is 75.1 Å². The second kappa shape index (κ2) is 8.71. The number of benzene rings is 2. The molecule has 2 atom stereocenters. The van der Waals surface area contributed by atoms with Gasteiger partial charge in [-0.3, -0.25) is 4.79 Å². The van der Waals surface area contributed by atoms with E-state index in [1.165, 1.54) is 12.7 Å². The average molecular weight is 401 g/mol. The van der Waals surface area contributed by atoms with E-state index < -0.39 is 0 Å². The van der Waals surface area contributed by atoms with Gasteiger partial charge in [-0.15, -0.1) is 0 Å². The average Bonchev–Trinajstić information content (AvgIpc) is 3.03. The Morgan fingerprint density at radius 1 is 1.36 bits per heavy atom. The molecule has 0 saturated carbocycles. The smallest absolute Gasteiger partial charge is 0.255 e. The van der Waals surface area contributed by atoms with Gasteiger partial charge in [0.15, 0.2) is 0 Å². The van der Waals surface area contributed by atoms with Crippen molar-refractivity contribution in [3.8, 4) is 5.75 Å². The number of carbonyl (C=O) groups is 1. The van der Waals surface area contributed by atoms with Crippen LogP contribution in [0.4, 0.5) is 5.69 Å². The van der Waals surface area contributed by atoms with E-state index in [1.807, 2.05) is 18.2 Å². The fraction of sp³-hybridized carbons (Fsp3) is 0.381. The number of hydrogen-bond donors (Lipinski definition) is 2. The molecule has 28 heavy (non-hydrogen) atoms. The van der Waals surface area contributed by atoms with Crippen LogP contribution in [0.1, 0.15) is 29.3 Å². The van der Waals surface area contributed by atoms with Crippen LogP contribution in [0.5, 0.6) is 5.75 Å². The third-order valence-corrected chi connectivity index (χ3v) is 5.47. The zero-order valence-corrected chi connectivity index (χ0v) is 17.1. The molecule has 7 heteroatoms. The maximum atomic E-state index is 13.0. The molecule has 2 aromatic rings. The lowest BCUT2D eigenvalue weighted by atomic mass is 9.87. The van der Waals surface area contributed by atoms with Gasteiger partial charge in [-0.1, -0.05) is 41.9 Å². The SMILES string of the molecule is CN=Nc1cc(OC)c(C(=O)NC2CCNC2(C)Cc2ccccc2)cc1Cl. The van der Waals surface area contributed by atoms with Gasteiger partial charge in [0.25, 0.3) is 5.91 Å². The summed E-state index contributed by atoms with van der Waals surface area (Å²) in [6, 6.07) is 13.5. The van der Waals surface area contributed by atoms with Gasteiger partial charge in [-0.25, -0.2) is 0 Å². The van der Waals surface area contributed by atoms with E-state index in [0.717, 1.165) is 19.4 Å². The monoisotopic (exact) mass is 400 g/mol. The molecule has 0 spiro atoms. The third-order valence-electron chi connectivity index (χ3n) is 5.17. The summed E-state index contributed by atoms with van der Waals surface area (Å²) in [4.78, 5) is 13.0. The first kappa shape index (κ1) is 20.3. The van der Waals surface area contributed by atoms with Crippen LogP contribution < -0.4 is 15.4 Å². The van der Waals surface area contributed by atoms with Gasteiger partial charge in [0.2, 0.25) is 0 Å². The number of methoxy groups -OCH3 is 1. The van der Waals surface area contributed by atoms with E-state index in [2.05, 4.69) is 39.9 Å². The van der Waals surface area contributed by atoms with E-state index in [9.17, 15) is 4.79 Å². The molecular weight excluding hydrogens is 376 g/mol. The van der Waals surface area contributed by atoms with Gasteiger partial charge in [-0.2, -0.15) is 10.2 Å². The summed E-state index contributed by atoms with van der Waals surface area (Å²) in [5.74, 6) is 0.201. The highest BCUT2D eigenvalue weighted by Crippen LogP contribution is 2.33. The van der Waals surface area contributed by atoms with Crippen LogP contribution in [0.3, 0.4) is 0 Å². The maximum absolute atomic E-state index is 13.0. The largest absolute Gasteiger partial charge is 0.496 e. The molecule has 0 bridgehead atoms. The van der Waals surface area contributed by atoms with Crippen molar-refractivity contribution in [1.29, 1.82) is 0 Å². The number of ether oxygens (including phenoxy) is 1. The normalized spacial score (nSPS) is 21.8. The molecule has 148 valence electrons. The predicted molar refractivity (Wildman–Crippen MR) is 111 cm³/mol. The number of rotatable bonds is 6. The minimum Gasteiger partial charge on any atom is -0.496 e. The summed E-state index contributed by atoms with van der Waals surface area (Å²) in [5.41, 5.74) is 1.85. The summed E-state index contributed by atoms with van der Waals surface area (Å²) in [6.45, 7) is 2.99. The maximum Gasteiger partial charge on any atom is 0.255 e. The highest BCUT2D eigenvalue weighted by Gasteiger charge is 2.39. The number of halogens is 1. The quantitative estimate of drug-likeness (QED) is 0.715. The minimum absolute atomic E-state index is 0.0151. The van der Waals surface area contributed by atoms with E-state index in [1.54, 1.807) is 19.2 Å². The third kappa shape index (κ3) is 4.34. The van der Waals surface area contributed by atoms with E-state index in [4.69, 9.17) is 16.3 Å². The predicted octanol–water partition coefficient (Wildman–Crippen LogP) is 4.16. The van der Waals surface area contributed by atoms with Crippen molar-refractivity contribution in [2.75, 3.05) is 20.7 Å². The first-order valence-corrected chi connectivity index (χ1v) is 9.62. The van der Waals surface area contributed by atoms with Crippen LogP contribution in [0, 0.1) is 0 Å². The molecule has 2 N–H and O–H groups in total. The number of hydrogen-bond acceptors (Lipinski definition) is 5. The molecule has 6 nitrogen and oxygen atoms in total. The number of azo groups is 1. The summed E-state index contributed by atoms with van der Waals surface area (Å²) in [5, 5.41) is 14.8. The molecule has 1 fully saturated rings. The number of nitrogens with zero attached hydrogens (tertiary/aromatic N) is 2.